The summed E-state index contributed by atoms with van der Waals surface area (Å²) in [7, 11) is 1.79. The van der Waals surface area contributed by atoms with Crippen LogP contribution < -0.4 is 11.1 Å². The number of carbonyl (C=O) groups excluding carboxylic acids is 3. The van der Waals surface area contributed by atoms with Gasteiger partial charge in [0.1, 0.15) is 18.6 Å². The van der Waals surface area contributed by atoms with Crippen LogP contribution >= 0.6 is 0 Å². The van der Waals surface area contributed by atoms with Gasteiger partial charge in [-0.2, -0.15) is 18.3 Å². The first kappa shape index (κ1) is 25.1. The van der Waals surface area contributed by atoms with Gasteiger partial charge in [-0.25, -0.2) is 9.48 Å². The van der Waals surface area contributed by atoms with E-state index in [1.54, 1.807) is 60.4 Å². The second-order valence-corrected chi connectivity index (χ2v) is 8.62. The maximum atomic E-state index is 12.8. The molecule has 36 heavy (non-hydrogen) atoms. The first-order chi connectivity index (χ1) is 17.0. The van der Waals surface area contributed by atoms with Gasteiger partial charge in [-0.3, -0.25) is 19.3 Å². The van der Waals surface area contributed by atoms with Crippen LogP contribution in [-0.4, -0.2) is 83.1 Å². The molecular formula is C23H24F3N6O4+. The van der Waals surface area contributed by atoms with Crippen LogP contribution in [0.25, 0.3) is 16.6 Å². The van der Waals surface area contributed by atoms with Gasteiger partial charge in [-0.15, -0.1) is 4.65 Å². The van der Waals surface area contributed by atoms with E-state index < -0.39 is 35.2 Å². The summed E-state index contributed by atoms with van der Waals surface area (Å²) >= 11 is 0. The molecule has 1 fully saturated rings. The molecule has 0 bridgehead atoms. The monoisotopic (exact) mass is 505 g/mol. The highest BCUT2D eigenvalue weighted by molar-refractivity contribution is 6.04. The molecule has 2 heterocycles. The molecule has 1 aliphatic heterocycles. The number of quaternary nitrogens is 1. The van der Waals surface area contributed by atoms with E-state index in [2.05, 4.69) is 10.4 Å². The smallest absolute Gasteiger partial charge is 0.366 e. The summed E-state index contributed by atoms with van der Waals surface area (Å²) in [5.41, 5.74) is 7.20. The molecule has 0 saturated carbocycles. The van der Waals surface area contributed by atoms with Crippen LogP contribution in [0.4, 0.5) is 18.9 Å². The highest BCUT2D eigenvalue weighted by atomic mass is 19.4. The number of carbonyl (C=O) groups is 3. The number of fused-ring (bicyclic) bond motifs is 1. The number of nitrogens with zero attached hydrogens (tertiary/aromatic N) is 4. The van der Waals surface area contributed by atoms with Crippen molar-refractivity contribution in [3.05, 3.63) is 54.2 Å². The van der Waals surface area contributed by atoms with Crippen molar-refractivity contribution in [2.45, 2.75) is 6.18 Å². The number of nitrogens with one attached hydrogen (secondary N) is 1. The molecule has 2 amide bonds. The number of nitrogens with two attached hydrogens (primary N) is 1. The molecular weight excluding hydrogens is 481 g/mol. The lowest BCUT2D eigenvalue weighted by atomic mass is 10.1. The third-order valence-corrected chi connectivity index (χ3v) is 5.94. The number of amides is 2. The average Bonchev–Trinajstić information content (AvgIpc) is 3.25. The Morgan fingerprint density at radius 1 is 1.11 bits per heavy atom. The zero-order valence-electron chi connectivity index (χ0n) is 19.3. The molecule has 3 N–H and O–H groups in total. The molecule has 1 aromatic heterocycles. The van der Waals surface area contributed by atoms with E-state index in [1.165, 1.54) is 0 Å². The molecule has 0 spiro atoms. The molecule has 0 atom stereocenters. The second-order valence-electron chi connectivity index (χ2n) is 8.62. The van der Waals surface area contributed by atoms with Gasteiger partial charge in [0.25, 0.3) is 11.8 Å². The van der Waals surface area contributed by atoms with Gasteiger partial charge in [0, 0.05) is 17.3 Å². The predicted molar refractivity (Wildman–Crippen MR) is 123 cm³/mol. The lowest BCUT2D eigenvalue weighted by Gasteiger charge is -2.39. The van der Waals surface area contributed by atoms with Crippen molar-refractivity contribution in [3.63, 3.8) is 0 Å². The van der Waals surface area contributed by atoms with Gasteiger partial charge in [-0.1, -0.05) is 12.1 Å². The Balaban J connectivity index is 1.47. The number of benzene rings is 2. The average molecular weight is 505 g/mol. The number of anilines is 1. The number of hydrogen-bond donors (Lipinski definition) is 2. The van der Waals surface area contributed by atoms with Gasteiger partial charge in [0.05, 0.1) is 24.3 Å². The maximum absolute atomic E-state index is 12.8. The number of hydroxylamine groups is 3. The van der Waals surface area contributed by atoms with E-state index in [-0.39, 0.29) is 13.1 Å². The predicted octanol–water partition coefficient (Wildman–Crippen LogP) is 1.85. The third kappa shape index (κ3) is 5.47. The molecule has 0 unspecified atom stereocenters. The van der Waals surface area contributed by atoms with Crippen LogP contribution in [0.15, 0.2) is 48.7 Å². The summed E-state index contributed by atoms with van der Waals surface area (Å²) in [4.78, 5) is 42.5. The highest BCUT2D eigenvalue weighted by Gasteiger charge is 2.49. The molecule has 2 aromatic carbocycles. The number of piperazine rings is 1. The van der Waals surface area contributed by atoms with E-state index in [4.69, 9.17) is 10.6 Å². The van der Waals surface area contributed by atoms with Crippen molar-refractivity contribution < 1.29 is 37.0 Å². The van der Waals surface area contributed by atoms with Crippen molar-refractivity contribution >= 4 is 34.4 Å². The summed E-state index contributed by atoms with van der Waals surface area (Å²) in [5, 5.41) is 7.77. The van der Waals surface area contributed by atoms with Gasteiger partial charge in [0.15, 0.2) is 6.54 Å². The first-order valence-corrected chi connectivity index (χ1v) is 11.0. The normalized spacial score (nSPS) is 16.0. The minimum Gasteiger partial charge on any atom is -0.366 e. The SMILES string of the molecule is CN1CC[N+](CC(=O)Nc2ccc(-n3cc4cccc(C(N)=O)c4n3)cc2)(OC(=O)C(F)(F)F)CC1. The van der Waals surface area contributed by atoms with Gasteiger partial charge in [0.2, 0.25) is 0 Å². The largest absolute Gasteiger partial charge is 0.497 e. The van der Waals surface area contributed by atoms with E-state index in [0.717, 1.165) is 5.39 Å². The van der Waals surface area contributed by atoms with Gasteiger partial charge < -0.3 is 11.1 Å². The van der Waals surface area contributed by atoms with E-state index in [9.17, 15) is 27.6 Å². The summed E-state index contributed by atoms with van der Waals surface area (Å²) < 4.78 is 39.3. The number of hydrogen-bond acceptors (Lipinski definition) is 6. The summed E-state index contributed by atoms with van der Waals surface area (Å²) in [6.45, 7) is 0.360. The molecule has 4 rings (SSSR count). The number of rotatable bonds is 6. The summed E-state index contributed by atoms with van der Waals surface area (Å²) in [6, 6.07) is 11.6. The molecule has 1 saturated heterocycles. The van der Waals surface area contributed by atoms with Crippen LogP contribution in [0, 0.1) is 0 Å². The van der Waals surface area contributed by atoms with Crippen molar-refractivity contribution in [2.24, 2.45) is 5.73 Å². The van der Waals surface area contributed by atoms with Crippen LogP contribution in [0.2, 0.25) is 0 Å². The Morgan fingerprint density at radius 3 is 2.39 bits per heavy atom. The fourth-order valence-corrected chi connectivity index (χ4v) is 3.98. The van der Waals surface area contributed by atoms with E-state index in [0.29, 0.717) is 35.5 Å². The molecule has 190 valence electrons. The molecule has 0 radical (unpaired) electrons. The molecule has 3 aromatic rings. The Hall–Kier alpha value is -3.97. The molecule has 10 nitrogen and oxygen atoms in total. The van der Waals surface area contributed by atoms with Crippen molar-refractivity contribution in [1.82, 2.24) is 14.7 Å². The number of aromatic nitrogens is 2. The van der Waals surface area contributed by atoms with Crippen LogP contribution in [-0.2, 0) is 14.4 Å². The summed E-state index contributed by atoms with van der Waals surface area (Å²) in [6.07, 6.45) is -3.43. The Bertz CT molecular complexity index is 1300. The molecule has 13 heteroatoms. The fraction of sp³-hybridized carbons (Fsp3) is 0.304. The minimum absolute atomic E-state index is 0.0465. The van der Waals surface area contributed by atoms with E-state index in [1.807, 2.05) is 4.90 Å². The minimum atomic E-state index is -5.16. The number of halogens is 3. The maximum Gasteiger partial charge on any atom is 0.497 e. The Morgan fingerprint density at radius 2 is 1.78 bits per heavy atom. The quantitative estimate of drug-likeness (QED) is 0.494. The number of likely N-dealkylation sites (N-methyl/N-ethyl adjacent to an activating group) is 1. The number of primary amides is 1. The summed E-state index contributed by atoms with van der Waals surface area (Å²) in [5.74, 6) is -3.51. The number of alkyl halides is 3. The van der Waals surface area contributed by atoms with Crippen LogP contribution in [0.1, 0.15) is 10.4 Å². The lowest BCUT2D eigenvalue weighted by Crippen LogP contribution is -2.62. The fourth-order valence-electron chi connectivity index (χ4n) is 3.98. The van der Waals surface area contributed by atoms with Crippen molar-refractivity contribution in [2.75, 3.05) is 45.1 Å². The standard InChI is InChI=1S/C23H23F3N6O4/c1-30-9-11-32(12-10-30,36-22(35)23(24,25)26)14-19(33)28-16-5-7-17(8-6-16)31-13-15-3-2-4-18(21(27)34)20(15)29-31/h2-8,13H,9-12,14H2,1H3,(H2-,27,28,33,34)/p+1. The van der Waals surface area contributed by atoms with E-state index >= 15 is 0 Å². The van der Waals surface area contributed by atoms with Gasteiger partial charge in [-0.05, 0) is 37.4 Å². The lowest BCUT2D eigenvalue weighted by molar-refractivity contribution is -1.09. The zero-order chi connectivity index (χ0) is 26.1. The van der Waals surface area contributed by atoms with Crippen molar-refractivity contribution in [1.29, 1.82) is 0 Å². The van der Waals surface area contributed by atoms with Crippen LogP contribution in [0.5, 0.6) is 0 Å². The molecule has 1 aliphatic rings. The third-order valence-electron chi connectivity index (χ3n) is 5.94. The highest BCUT2D eigenvalue weighted by Crippen LogP contribution is 2.23. The van der Waals surface area contributed by atoms with Crippen LogP contribution in [0.3, 0.4) is 0 Å². The topological polar surface area (TPSA) is 120 Å². The first-order valence-electron chi connectivity index (χ1n) is 11.0. The second kappa shape index (κ2) is 9.59. The Kier molecular flexibility index (Phi) is 6.69. The van der Waals surface area contributed by atoms with Gasteiger partial charge >= 0.3 is 12.1 Å². The van der Waals surface area contributed by atoms with Crippen molar-refractivity contribution in [3.8, 4) is 5.69 Å². The molecule has 0 aliphatic carbocycles. The zero-order valence-corrected chi connectivity index (χ0v) is 19.3. The Labute approximate surface area is 203 Å².